The summed E-state index contributed by atoms with van der Waals surface area (Å²) >= 11 is 0. The SMILES string of the molecule is CC(=O)[C@H](COc1ccc(CCC(N)=O)cc1C)NC(=O)c1n[nH]c(Cc2ccccc2)n1. The van der Waals surface area contributed by atoms with Gasteiger partial charge in [-0.15, -0.1) is 5.10 Å². The van der Waals surface area contributed by atoms with Gasteiger partial charge >= 0.3 is 0 Å². The lowest BCUT2D eigenvalue weighted by molar-refractivity contribution is -0.119. The molecule has 0 unspecified atom stereocenters. The predicted octanol–water partition coefficient (Wildman–Crippen LogP) is 1.89. The Morgan fingerprint density at radius 1 is 1.12 bits per heavy atom. The Kier molecular flexibility index (Phi) is 7.91. The van der Waals surface area contributed by atoms with Crippen molar-refractivity contribution < 1.29 is 19.1 Å². The molecule has 0 aliphatic rings. The van der Waals surface area contributed by atoms with E-state index in [2.05, 4.69) is 20.5 Å². The van der Waals surface area contributed by atoms with Gasteiger partial charge in [0.25, 0.3) is 5.91 Å². The zero-order valence-corrected chi connectivity index (χ0v) is 18.6. The van der Waals surface area contributed by atoms with E-state index >= 15 is 0 Å². The normalized spacial score (nSPS) is 11.6. The van der Waals surface area contributed by atoms with Crippen LogP contribution in [0.5, 0.6) is 5.75 Å². The van der Waals surface area contributed by atoms with Crippen molar-refractivity contribution in [1.29, 1.82) is 0 Å². The second-order valence-corrected chi connectivity index (χ2v) is 7.78. The zero-order valence-electron chi connectivity index (χ0n) is 18.6. The summed E-state index contributed by atoms with van der Waals surface area (Å²) in [6, 6.07) is 14.3. The highest BCUT2D eigenvalue weighted by atomic mass is 16.5. The summed E-state index contributed by atoms with van der Waals surface area (Å²) in [4.78, 5) is 39.8. The predicted molar refractivity (Wildman–Crippen MR) is 122 cm³/mol. The molecule has 3 aromatic rings. The molecule has 0 aliphatic carbocycles. The minimum Gasteiger partial charge on any atom is -0.491 e. The number of ketones is 1. The monoisotopic (exact) mass is 449 g/mol. The van der Waals surface area contributed by atoms with Crippen molar-refractivity contribution in [3.63, 3.8) is 0 Å². The maximum Gasteiger partial charge on any atom is 0.291 e. The van der Waals surface area contributed by atoms with Gasteiger partial charge in [-0.25, -0.2) is 4.98 Å². The fourth-order valence-electron chi connectivity index (χ4n) is 3.22. The molecule has 4 N–H and O–H groups in total. The summed E-state index contributed by atoms with van der Waals surface area (Å²) in [5.74, 6) is -0.0730. The zero-order chi connectivity index (χ0) is 23.8. The van der Waals surface area contributed by atoms with Gasteiger partial charge in [0.2, 0.25) is 11.7 Å². The molecule has 0 bridgehead atoms. The molecule has 2 aromatic carbocycles. The maximum atomic E-state index is 12.6. The topological polar surface area (TPSA) is 140 Å². The molecule has 2 amide bonds. The lowest BCUT2D eigenvalue weighted by Gasteiger charge is -2.17. The van der Waals surface area contributed by atoms with E-state index in [1.165, 1.54) is 6.92 Å². The highest BCUT2D eigenvalue weighted by Gasteiger charge is 2.22. The fourth-order valence-corrected chi connectivity index (χ4v) is 3.22. The highest BCUT2D eigenvalue weighted by Crippen LogP contribution is 2.20. The molecule has 0 fully saturated rings. The lowest BCUT2D eigenvalue weighted by atomic mass is 10.1. The molecule has 1 heterocycles. The van der Waals surface area contributed by atoms with Crippen molar-refractivity contribution in [3.05, 3.63) is 76.9 Å². The molecule has 0 radical (unpaired) electrons. The third kappa shape index (κ3) is 6.99. The van der Waals surface area contributed by atoms with Crippen molar-refractivity contribution in [2.75, 3.05) is 6.61 Å². The molecule has 0 saturated heterocycles. The molecular weight excluding hydrogens is 422 g/mol. The summed E-state index contributed by atoms with van der Waals surface area (Å²) in [7, 11) is 0. The Labute approximate surface area is 191 Å². The largest absolute Gasteiger partial charge is 0.491 e. The van der Waals surface area contributed by atoms with Crippen molar-refractivity contribution in [2.45, 2.75) is 39.2 Å². The first kappa shape index (κ1) is 23.6. The summed E-state index contributed by atoms with van der Waals surface area (Å²) < 4.78 is 5.79. The van der Waals surface area contributed by atoms with Gasteiger partial charge in [-0.2, -0.15) is 0 Å². The Hall–Kier alpha value is -4.01. The Morgan fingerprint density at radius 3 is 2.55 bits per heavy atom. The molecule has 0 aliphatic heterocycles. The molecule has 1 atom stereocenters. The Balaban J connectivity index is 1.58. The first-order chi connectivity index (χ1) is 15.8. The quantitative estimate of drug-likeness (QED) is 0.408. The first-order valence-electron chi connectivity index (χ1n) is 10.6. The highest BCUT2D eigenvalue weighted by molar-refractivity contribution is 5.94. The van der Waals surface area contributed by atoms with Crippen LogP contribution in [-0.4, -0.2) is 45.4 Å². The number of aromatic nitrogens is 3. The number of hydrogen-bond acceptors (Lipinski definition) is 6. The number of aryl methyl sites for hydroxylation is 2. The number of hydrogen-bond donors (Lipinski definition) is 3. The molecule has 33 heavy (non-hydrogen) atoms. The van der Waals surface area contributed by atoms with Gasteiger partial charge in [-0.3, -0.25) is 19.5 Å². The van der Waals surface area contributed by atoms with Crippen LogP contribution < -0.4 is 15.8 Å². The van der Waals surface area contributed by atoms with Crippen LogP contribution in [0.25, 0.3) is 0 Å². The Morgan fingerprint density at radius 2 is 1.88 bits per heavy atom. The van der Waals surface area contributed by atoms with E-state index < -0.39 is 11.9 Å². The standard InChI is InChI=1S/C24H27N5O4/c1-15-12-18(9-11-21(25)31)8-10-20(15)33-14-19(16(2)30)26-24(32)23-27-22(28-29-23)13-17-6-4-3-5-7-17/h3-8,10,12,19H,9,11,13-14H2,1-2H3,(H2,25,31)(H,26,32)(H,27,28,29)/t19-/m0/s1. The molecule has 3 rings (SSSR count). The minimum atomic E-state index is -0.859. The van der Waals surface area contributed by atoms with Crippen LogP contribution in [0, 0.1) is 6.92 Å². The van der Waals surface area contributed by atoms with E-state index in [0.717, 1.165) is 16.7 Å². The van der Waals surface area contributed by atoms with E-state index in [9.17, 15) is 14.4 Å². The van der Waals surface area contributed by atoms with Crippen molar-refractivity contribution in [1.82, 2.24) is 20.5 Å². The maximum absolute atomic E-state index is 12.6. The van der Waals surface area contributed by atoms with Crippen molar-refractivity contribution in [2.24, 2.45) is 5.73 Å². The summed E-state index contributed by atoms with van der Waals surface area (Å²) in [6.45, 7) is 3.21. The van der Waals surface area contributed by atoms with E-state index in [4.69, 9.17) is 10.5 Å². The summed E-state index contributed by atoms with van der Waals surface area (Å²) in [5, 5.41) is 9.36. The summed E-state index contributed by atoms with van der Waals surface area (Å²) in [6.07, 6.45) is 1.33. The van der Waals surface area contributed by atoms with Crippen molar-refractivity contribution in [3.8, 4) is 5.75 Å². The number of nitrogens with one attached hydrogen (secondary N) is 2. The number of Topliss-reactive ketones (excluding diaryl/α,β-unsaturated/α-hetero) is 1. The minimum absolute atomic E-state index is 0.0379. The number of aromatic amines is 1. The van der Waals surface area contributed by atoms with E-state index in [1.54, 1.807) is 6.07 Å². The average Bonchev–Trinajstić information content (AvgIpc) is 3.25. The van der Waals surface area contributed by atoms with E-state index in [0.29, 0.717) is 24.4 Å². The van der Waals surface area contributed by atoms with Crippen LogP contribution in [0.1, 0.15) is 46.5 Å². The number of amides is 2. The number of H-pyrrole nitrogens is 1. The smallest absolute Gasteiger partial charge is 0.291 e. The third-order valence-electron chi connectivity index (χ3n) is 5.05. The van der Waals surface area contributed by atoms with Crippen LogP contribution >= 0.6 is 0 Å². The van der Waals surface area contributed by atoms with Crippen LogP contribution in [-0.2, 0) is 22.4 Å². The fraction of sp³-hybridized carbons (Fsp3) is 0.292. The first-order valence-corrected chi connectivity index (χ1v) is 10.6. The number of carbonyl (C=O) groups is 3. The number of carbonyl (C=O) groups excluding carboxylic acids is 3. The van der Waals surface area contributed by atoms with Gasteiger partial charge in [-0.1, -0.05) is 42.5 Å². The van der Waals surface area contributed by atoms with Gasteiger partial charge in [0.15, 0.2) is 5.78 Å². The second-order valence-electron chi connectivity index (χ2n) is 7.78. The van der Waals surface area contributed by atoms with Gasteiger partial charge < -0.3 is 15.8 Å². The number of nitrogens with two attached hydrogens (primary N) is 1. The van der Waals surface area contributed by atoms with Crippen LogP contribution in [0.4, 0.5) is 0 Å². The van der Waals surface area contributed by atoms with E-state index in [-0.39, 0.29) is 30.5 Å². The molecular formula is C24H27N5O4. The molecule has 9 nitrogen and oxygen atoms in total. The van der Waals surface area contributed by atoms with Gasteiger partial charge in [0.05, 0.1) is 0 Å². The van der Waals surface area contributed by atoms with Gasteiger partial charge in [-0.05, 0) is 43.0 Å². The molecule has 1 aromatic heterocycles. The number of nitrogens with zero attached hydrogens (tertiary/aromatic N) is 2. The number of rotatable bonds is 11. The Bertz CT molecular complexity index is 1130. The van der Waals surface area contributed by atoms with Crippen LogP contribution in [0.3, 0.4) is 0 Å². The number of primary amides is 1. The lowest BCUT2D eigenvalue weighted by Crippen LogP contribution is -2.44. The van der Waals surface area contributed by atoms with Gasteiger partial charge in [0, 0.05) is 12.8 Å². The van der Waals surface area contributed by atoms with Crippen LogP contribution in [0.2, 0.25) is 0 Å². The van der Waals surface area contributed by atoms with Crippen LogP contribution in [0.15, 0.2) is 48.5 Å². The van der Waals surface area contributed by atoms with Crippen molar-refractivity contribution >= 4 is 17.6 Å². The number of benzene rings is 2. The molecule has 0 saturated carbocycles. The molecule has 9 heteroatoms. The van der Waals surface area contributed by atoms with E-state index in [1.807, 2.05) is 49.4 Å². The average molecular weight is 450 g/mol. The molecule has 0 spiro atoms. The molecule has 172 valence electrons. The van der Waals surface area contributed by atoms with Gasteiger partial charge in [0.1, 0.15) is 24.2 Å². The third-order valence-corrected chi connectivity index (χ3v) is 5.05. The summed E-state index contributed by atoms with van der Waals surface area (Å²) in [5.41, 5.74) is 8.04. The second kappa shape index (κ2) is 11.0. The number of ether oxygens (including phenoxy) is 1.